The Bertz CT molecular complexity index is 850. The van der Waals surface area contributed by atoms with Gasteiger partial charge in [0.05, 0.1) is 11.1 Å². The lowest BCUT2D eigenvalue weighted by Gasteiger charge is -2.32. The minimum absolute atomic E-state index is 0.0702. The Balaban J connectivity index is 1.92. The lowest BCUT2D eigenvalue weighted by Crippen LogP contribution is -2.47. The van der Waals surface area contributed by atoms with E-state index in [0.717, 1.165) is 17.5 Å². The van der Waals surface area contributed by atoms with Crippen LogP contribution >= 0.6 is 11.8 Å². The Morgan fingerprint density at radius 3 is 2.36 bits per heavy atom. The van der Waals surface area contributed by atoms with Gasteiger partial charge in [-0.25, -0.2) is 10.6 Å². The highest BCUT2D eigenvalue weighted by Gasteiger charge is 2.38. The molecular formula is C22H25N3O2S. The fourth-order valence-electron chi connectivity index (χ4n) is 3.54. The first-order valence-corrected chi connectivity index (χ1v) is 10.3. The Kier molecular flexibility index (Phi) is 6.54. The normalized spacial score (nSPS) is 17.4. The van der Waals surface area contributed by atoms with Gasteiger partial charge in [-0.15, -0.1) is 11.8 Å². The molecule has 3 N–H and O–H groups in total. The number of thioether (sulfide) groups is 1. The van der Waals surface area contributed by atoms with Crippen molar-refractivity contribution in [3.8, 4) is 11.1 Å². The molecule has 0 saturated heterocycles. The molecule has 0 aliphatic carbocycles. The van der Waals surface area contributed by atoms with Crippen LogP contribution in [0.4, 0.5) is 4.79 Å². The van der Waals surface area contributed by atoms with Crippen LogP contribution in [0.1, 0.15) is 31.7 Å². The summed E-state index contributed by atoms with van der Waals surface area (Å²) in [6, 6.07) is 18.2. The number of hydrazine groups is 1. The average molecular weight is 396 g/mol. The average Bonchev–Trinajstić information content (AvgIpc) is 3.16. The molecule has 0 bridgehead atoms. The molecule has 2 aromatic carbocycles. The van der Waals surface area contributed by atoms with E-state index in [0.29, 0.717) is 17.9 Å². The van der Waals surface area contributed by atoms with Gasteiger partial charge in [-0.05, 0) is 29.0 Å². The molecule has 3 rings (SSSR count). The third-order valence-corrected chi connectivity index (χ3v) is 6.04. The minimum Gasteiger partial charge on any atom is -0.296 e. The van der Waals surface area contributed by atoms with Crippen molar-refractivity contribution in [2.24, 2.45) is 11.8 Å². The number of nitrogens with two attached hydrogens (primary N) is 1. The molecule has 5 nitrogen and oxygen atoms in total. The largest absolute Gasteiger partial charge is 0.337 e. The SMILES string of the molecule is CC(C)CC(c1ccc(-c2ccccc2)cc1)C1SC=C(C=O)N1C(=O)NN. The van der Waals surface area contributed by atoms with E-state index in [-0.39, 0.29) is 11.3 Å². The Hall–Kier alpha value is -2.57. The number of rotatable bonds is 6. The van der Waals surface area contributed by atoms with Crippen molar-refractivity contribution >= 4 is 24.1 Å². The first-order valence-electron chi connectivity index (χ1n) is 9.31. The van der Waals surface area contributed by atoms with Crippen molar-refractivity contribution in [3.63, 3.8) is 0 Å². The summed E-state index contributed by atoms with van der Waals surface area (Å²) in [4.78, 5) is 25.2. The van der Waals surface area contributed by atoms with E-state index >= 15 is 0 Å². The van der Waals surface area contributed by atoms with E-state index in [1.807, 2.05) is 18.2 Å². The molecule has 0 spiro atoms. The van der Waals surface area contributed by atoms with Gasteiger partial charge < -0.3 is 0 Å². The number of hydrogen-bond acceptors (Lipinski definition) is 4. The smallest absolute Gasteiger partial charge is 0.296 e. The summed E-state index contributed by atoms with van der Waals surface area (Å²) in [5, 5.41) is 1.52. The van der Waals surface area contributed by atoms with E-state index < -0.39 is 6.03 Å². The van der Waals surface area contributed by atoms with E-state index in [9.17, 15) is 9.59 Å². The summed E-state index contributed by atoms with van der Waals surface area (Å²) >= 11 is 1.49. The fourth-order valence-corrected chi connectivity index (χ4v) is 4.79. The Morgan fingerprint density at radius 1 is 1.14 bits per heavy atom. The molecule has 2 unspecified atom stereocenters. The van der Waals surface area contributed by atoms with Gasteiger partial charge in [0.1, 0.15) is 0 Å². The molecule has 0 fully saturated rings. The van der Waals surface area contributed by atoms with Crippen LogP contribution in [0.15, 0.2) is 65.7 Å². The molecule has 2 aromatic rings. The molecule has 0 radical (unpaired) electrons. The second-order valence-corrected chi connectivity index (χ2v) is 8.22. The predicted octanol–water partition coefficient (Wildman–Crippen LogP) is 4.48. The molecule has 1 aliphatic rings. The van der Waals surface area contributed by atoms with Crippen LogP contribution in [0, 0.1) is 5.92 Å². The lowest BCUT2D eigenvalue weighted by atomic mass is 9.88. The van der Waals surface area contributed by atoms with Crippen LogP contribution in [0.25, 0.3) is 11.1 Å². The molecule has 2 amide bonds. The van der Waals surface area contributed by atoms with Crippen molar-refractivity contribution in [1.29, 1.82) is 0 Å². The zero-order chi connectivity index (χ0) is 20.1. The summed E-state index contributed by atoms with van der Waals surface area (Å²) in [6.07, 6.45) is 1.59. The Labute approximate surface area is 170 Å². The summed E-state index contributed by atoms with van der Waals surface area (Å²) in [6.45, 7) is 4.32. The van der Waals surface area contributed by atoms with Crippen molar-refractivity contribution in [1.82, 2.24) is 10.3 Å². The molecular weight excluding hydrogens is 370 g/mol. The maximum atomic E-state index is 12.3. The zero-order valence-corrected chi connectivity index (χ0v) is 16.9. The third-order valence-electron chi connectivity index (χ3n) is 4.84. The minimum atomic E-state index is -0.469. The number of carbonyl (C=O) groups excluding carboxylic acids is 2. The molecule has 1 aliphatic heterocycles. The second-order valence-electron chi connectivity index (χ2n) is 7.23. The van der Waals surface area contributed by atoms with E-state index in [4.69, 9.17) is 5.84 Å². The Morgan fingerprint density at radius 2 is 1.79 bits per heavy atom. The predicted molar refractivity (Wildman–Crippen MR) is 114 cm³/mol. The van der Waals surface area contributed by atoms with Gasteiger partial charge in [0.25, 0.3) is 0 Å². The number of hydrogen-bond donors (Lipinski definition) is 2. The molecule has 146 valence electrons. The molecule has 1 heterocycles. The van der Waals surface area contributed by atoms with Crippen molar-refractivity contribution in [3.05, 3.63) is 71.3 Å². The number of amides is 2. The monoisotopic (exact) mass is 395 g/mol. The van der Waals surface area contributed by atoms with Gasteiger partial charge >= 0.3 is 6.03 Å². The second kappa shape index (κ2) is 9.08. The molecule has 2 atom stereocenters. The van der Waals surface area contributed by atoms with Crippen LogP contribution in [0.3, 0.4) is 0 Å². The number of nitrogens with one attached hydrogen (secondary N) is 1. The fraction of sp³-hybridized carbons (Fsp3) is 0.273. The summed E-state index contributed by atoms with van der Waals surface area (Å²) in [5.74, 6) is 5.86. The van der Waals surface area contributed by atoms with E-state index in [1.54, 1.807) is 5.41 Å². The third kappa shape index (κ3) is 4.29. The number of allylic oxidation sites excluding steroid dienone is 1. The van der Waals surface area contributed by atoms with Gasteiger partial charge in [-0.3, -0.25) is 15.1 Å². The standard InChI is InChI=1S/C22H25N3O2S/c1-15(2)12-20(21-25(22(27)24-23)19(13-26)14-28-21)18-10-8-17(9-11-18)16-6-4-3-5-7-16/h3-11,13-15,20-21H,12,23H2,1-2H3,(H,24,27). The van der Waals surface area contributed by atoms with Crippen LogP contribution in [-0.4, -0.2) is 22.6 Å². The van der Waals surface area contributed by atoms with Gasteiger partial charge in [-0.2, -0.15) is 0 Å². The summed E-state index contributed by atoms with van der Waals surface area (Å²) in [7, 11) is 0. The maximum absolute atomic E-state index is 12.3. The summed E-state index contributed by atoms with van der Waals surface area (Å²) < 4.78 is 0. The van der Waals surface area contributed by atoms with Crippen molar-refractivity contribution < 1.29 is 9.59 Å². The van der Waals surface area contributed by atoms with Gasteiger partial charge in [0.15, 0.2) is 6.29 Å². The van der Waals surface area contributed by atoms with E-state index in [1.165, 1.54) is 22.2 Å². The first kappa shape index (κ1) is 20.2. The number of carbonyl (C=O) groups is 2. The maximum Gasteiger partial charge on any atom is 0.337 e. The quantitative estimate of drug-likeness (QED) is 0.327. The first-order chi connectivity index (χ1) is 13.5. The summed E-state index contributed by atoms with van der Waals surface area (Å²) in [5.41, 5.74) is 5.96. The van der Waals surface area contributed by atoms with Crippen molar-refractivity contribution in [2.45, 2.75) is 31.6 Å². The number of aldehydes is 1. The number of nitrogens with zero attached hydrogens (tertiary/aromatic N) is 1. The highest BCUT2D eigenvalue weighted by molar-refractivity contribution is 8.03. The van der Waals surface area contributed by atoms with Crippen LogP contribution < -0.4 is 11.3 Å². The number of urea groups is 1. The molecule has 28 heavy (non-hydrogen) atoms. The van der Waals surface area contributed by atoms with Crippen LogP contribution in [0.2, 0.25) is 0 Å². The molecule has 6 heteroatoms. The topological polar surface area (TPSA) is 75.4 Å². The highest BCUT2D eigenvalue weighted by atomic mass is 32.2. The van der Waals surface area contributed by atoms with Gasteiger partial charge in [-0.1, -0.05) is 68.4 Å². The molecule has 0 aromatic heterocycles. The highest BCUT2D eigenvalue weighted by Crippen LogP contribution is 2.42. The van der Waals surface area contributed by atoms with E-state index in [2.05, 4.69) is 55.7 Å². The zero-order valence-electron chi connectivity index (χ0n) is 16.0. The number of benzene rings is 2. The van der Waals surface area contributed by atoms with Crippen molar-refractivity contribution in [2.75, 3.05) is 0 Å². The van der Waals surface area contributed by atoms with Crippen LogP contribution in [0.5, 0.6) is 0 Å². The van der Waals surface area contributed by atoms with Crippen LogP contribution in [-0.2, 0) is 4.79 Å². The van der Waals surface area contributed by atoms with Gasteiger partial charge in [0.2, 0.25) is 0 Å². The molecule has 0 saturated carbocycles. The lowest BCUT2D eigenvalue weighted by molar-refractivity contribution is -0.106. The van der Waals surface area contributed by atoms with Gasteiger partial charge in [0, 0.05) is 11.3 Å².